The number of sulfone groups is 1. The molecule has 0 aromatic heterocycles. The zero-order valence-electron chi connectivity index (χ0n) is 11.4. The maximum atomic E-state index is 12.2. The van der Waals surface area contributed by atoms with E-state index in [2.05, 4.69) is 0 Å². The van der Waals surface area contributed by atoms with E-state index in [-0.39, 0.29) is 5.75 Å². The highest BCUT2D eigenvalue weighted by molar-refractivity contribution is 7.92. The zero-order chi connectivity index (χ0) is 14.5. The first-order valence-electron chi connectivity index (χ1n) is 6.05. The van der Waals surface area contributed by atoms with E-state index >= 15 is 0 Å². The van der Waals surface area contributed by atoms with Crippen molar-refractivity contribution in [1.82, 2.24) is 0 Å². The molecule has 1 aromatic carbocycles. The Labute approximate surface area is 114 Å². The van der Waals surface area contributed by atoms with E-state index in [0.29, 0.717) is 5.69 Å². The second kappa shape index (κ2) is 6.52. The van der Waals surface area contributed by atoms with Crippen LogP contribution in [0.15, 0.2) is 42.5 Å². The summed E-state index contributed by atoms with van der Waals surface area (Å²) in [4.78, 5) is 13.5. The topological polar surface area (TPSA) is 54.5 Å². The molecule has 1 amide bonds. The quantitative estimate of drug-likeness (QED) is 0.776. The van der Waals surface area contributed by atoms with E-state index in [9.17, 15) is 13.2 Å². The third-order valence-electron chi connectivity index (χ3n) is 2.92. The molecule has 5 heteroatoms. The van der Waals surface area contributed by atoms with Gasteiger partial charge in [0.1, 0.15) is 5.25 Å². The van der Waals surface area contributed by atoms with Gasteiger partial charge in [0.05, 0.1) is 5.75 Å². The molecule has 0 aliphatic carbocycles. The number of amides is 1. The van der Waals surface area contributed by atoms with Crippen LogP contribution in [0.1, 0.15) is 13.8 Å². The number of hydrogen-bond acceptors (Lipinski definition) is 3. The molecule has 19 heavy (non-hydrogen) atoms. The van der Waals surface area contributed by atoms with E-state index in [1.165, 1.54) is 11.8 Å². The van der Waals surface area contributed by atoms with Gasteiger partial charge in [0.25, 0.3) is 0 Å². The predicted octanol–water partition coefficient (Wildman–Crippen LogP) is 2.03. The summed E-state index contributed by atoms with van der Waals surface area (Å²) in [6.45, 7) is 3.18. The summed E-state index contributed by atoms with van der Waals surface area (Å²) in [5.41, 5.74) is 0.681. The van der Waals surface area contributed by atoms with Crippen LogP contribution in [0, 0.1) is 0 Å². The Morgan fingerprint density at radius 1 is 1.32 bits per heavy atom. The highest BCUT2D eigenvalue weighted by atomic mass is 32.2. The van der Waals surface area contributed by atoms with Crippen molar-refractivity contribution in [3.05, 3.63) is 42.5 Å². The number of hydrogen-bond donors (Lipinski definition) is 0. The van der Waals surface area contributed by atoms with E-state index in [0.717, 1.165) is 0 Å². The smallest absolute Gasteiger partial charge is 0.244 e. The molecule has 0 unspecified atom stereocenters. The minimum absolute atomic E-state index is 0.112. The summed E-state index contributed by atoms with van der Waals surface area (Å²) in [6, 6.07) is 8.98. The molecule has 104 valence electrons. The van der Waals surface area contributed by atoms with Gasteiger partial charge in [-0.05, 0) is 26.0 Å². The maximum absolute atomic E-state index is 12.2. The van der Waals surface area contributed by atoms with Crippen LogP contribution < -0.4 is 4.90 Å². The minimum Gasteiger partial charge on any atom is -0.314 e. The molecule has 0 saturated heterocycles. The van der Waals surface area contributed by atoms with Crippen molar-refractivity contribution in [2.24, 2.45) is 0 Å². The average molecular weight is 281 g/mol. The number of para-hydroxylation sites is 1. The van der Waals surface area contributed by atoms with E-state index in [1.807, 2.05) is 6.07 Å². The fourth-order valence-corrected chi connectivity index (χ4v) is 2.79. The SMILES string of the molecule is C/C=C/CS(=O)(=O)[C@@H](C)C(=O)N(C)c1ccccc1. The molecule has 0 fully saturated rings. The third kappa shape index (κ3) is 3.92. The Morgan fingerprint density at radius 3 is 2.42 bits per heavy atom. The van der Waals surface area contributed by atoms with E-state index < -0.39 is 21.0 Å². The highest BCUT2D eigenvalue weighted by Crippen LogP contribution is 2.15. The molecule has 1 atom stereocenters. The number of carbonyl (C=O) groups excluding carboxylic acids is 1. The second-order valence-electron chi connectivity index (χ2n) is 4.27. The van der Waals surface area contributed by atoms with Crippen LogP contribution in [-0.2, 0) is 14.6 Å². The van der Waals surface area contributed by atoms with Crippen molar-refractivity contribution in [3.63, 3.8) is 0 Å². The first-order chi connectivity index (χ1) is 8.90. The molecular formula is C14H19NO3S. The third-order valence-corrected chi connectivity index (χ3v) is 4.86. The Hall–Kier alpha value is -1.62. The van der Waals surface area contributed by atoms with Crippen LogP contribution in [0.3, 0.4) is 0 Å². The van der Waals surface area contributed by atoms with Crippen LogP contribution >= 0.6 is 0 Å². The maximum Gasteiger partial charge on any atom is 0.244 e. The molecule has 0 radical (unpaired) electrons. The second-order valence-corrected chi connectivity index (χ2v) is 6.64. The van der Waals surface area contributed by atoms with Gasteiger partial charge in [0.2, 0.25) is 5.91 Å². The number of carbonyl (C=O) groups is 1. The molecule has 1 rings (SSSR count). The lowest BCUT2D eigenvalue weighted by atomic mass is 10.3. The first-order valence-corrected chi connectivity index (χ1v) is 7.77. The van der Waals surface area contributed by atoms with Crippen molar-refractivity contribution >= 4 is 21.4 Å². The summed E-state index contributed by atoms with van der Waals surface area (Å²) in [6.07, 6.45) is 3.21. The number of benzene rings is 1. The van der Waals surface area contributed by atoms with Crippen molar-refractivity contribution in [3.8, 4) is 0 Å². The molecule has 0 spiro atoms. The number of anilines is 1. The number of rotatable bonds is 5. The van der Waals surface area contributed by atoms with Crippen molar-refractivity contribution < 1.29 is 13.2 Å². The Morgan fingerprint density at radius 2 is 1.89 bits per heavy atom. The Kier molecular flexibility index (Phi) is 5.30. The van der Waals surface area contributed by atoms with E-state index in [4.69, 9.17) is 0 Å². The molecule has 0 saturated carbocycles. The fraction of sp³-hybridized carbons (Fsp3) is 0.357. The lowest BCUT2D eigenvalue weighted by molar-refractivity contribution is -0.117. The Bertz CT molecular complexity index is 549. The summed E-state index contributed by atoms with van der Waals surface area (Å²) < 4.78 is 23.9. The lowest BCUT2D eigenvalue weighted by Crippen LogP contribution is -2.40. The molecule has 0 heterocycles. The van der Waals surface area contributed by atoms with Gasteiger partial charge in [-0.3, -0.25) is 4.79 Å². The van der Waals surface area contributed by atoms with Crippen LogP contribution in [0.5, 0.6) is 0 Å². The van der Waals surface area contributed by atoms with Crippen molar-refractivity contribution in [2.75, 3.05) is 17.7 Å². The van der Waals surface area contributed by atoms with Gasteiger partial charge in [-0.2, -0.15) is 0 Å². The standard InChI is InChI=1S/C14H19NO3S/c1-4-5-11-19(17,18)12(2)14(16)15(3)13-9-7-6-8-10-13/h4-10,12H,11H2,1-3H3/b5-4+/t12-/m0/s1. The largest absolute Gasteiger partial charge is 0.314 e. The normalized spacial score (nSPS) is 13.4. The predicted molar refractivity (Wildman–Crippen MR) is 77.9 cm³/mol. The molecule has 1 aromatic rings. The van der Waals surface area contributed by atoms with Gasteiger partial charge < -0.3 is 4.90 Å². The first kappa shape index (κ1) is 15.4. The molecule has 4 nitrogen and oxygen atoms in total. The van der Waals surface area contributed by atoms with Gasteiger partial charge >= 0.3 is 0 Å². The van der Waals surface area contributed by atoms with Crippen LogP contribution in [0.4, 0.5) is 5.69 Å². The van der Waals surface area contributed by atoms with Gasteiger partial charge in [0, 0.05) is 12.7 Å². The van der Waals surface area contributed by atoms with Gasteiger partial charge in [-0.25, -0.2) is 8.42 Å². The average Bonchev–Trinajstić information content (AvgIpc) is 2.43. The summed E-state index contributed by atoms with van der Waals surface area (Å²) in [7, 11) is -1.87. The summed E-state index contributed by atoms with van der Waals surface area (Å²) >= 11 is 0. The van der Waals surface area contributed by atoms with Crippen LogP contribution in [-0.4, -0.2) is 32.4 Å². The van der Waals surface area contributed by atoms with Gasteiger partial charge in [-0.15, -0.1) is 0 Å². The summed E-state index contributed by atoms with van der Waals surface area (Å²) in [5, 5.41) is -1.05. The Balaban J connectivity index is 2.89. The zero-order valence-corrected chi connectivity index (χ0v) is 12.2. The lowest BCUT2D eigenvalue weighted by Gasteiger charge is -2.21. The van der Waals surface area contributed by atoms with Crippen molar-refractivity contribution in [1.29, 1.82) is 0 Å². The molecule has 0 N–H and O–H groups in total. The van der Waals surface area contributed by atoms with Gasteiger partial charge in [-0.1, -0.05) is 30.4 Å². The number of nitrogens with zero attached hydrogens (tertiary/aromatic N) is 1. The fourth-order valence-electron chi connectivity index (χ4n) is 1.58. The van der Waals surface area contributed by atoms with E-state index in [1.54, 1.807) is 50.4 Å². The monoisotopic (exact) mass is 281 g/mol. The summed E-state index contributed by atoms with van der Waals surface area (Å²) in [5.74, 6) is -0.533. The van der Waals surface area contributed by atoms with Crippen LogP contribution in [0.25, 0.3) is 0 Å². The highest BCUT2D eigenvalue weighted by Gasteiger charge is 2.29. The molecular weight excluding hydrogens is 262 g/mol. The molecule has 0 bridgehead atoms. The molecule has 0 aliphatic heterocycles. The molecule has 0 aliphatic rings. The minimum atomic E-state index is -3.45. The number of allylic oxidation sites excluding steroid dienone is 1. The van der Waals surface area contributed by atoms with Gasteiger partial charge in [0.15, 0.2) is 9.84 Å². The van der Waals surface area contributed by atoms with Crippen molar-refractivity contribution in [2.45, 2.75) is 19.1 Å². The van der Waals surface area contributed by atoms with Crippen LogP contribution in [0.2, 0.25) is 0 Å².